The number of benzene rings is 1. The molecule has 0 spiro atoms. The maximum absolute atomic E-state index is 5.67. The summed E-state index contributed by atoms with van der Waals surface area (Å²) in [6.45, 7) is 5.89. The number of aryl methyl sites for hydroxylation is 1. The van der Waals surface area contributed by atoms with Crippen LogP contribution in [-0.2, 0) is 19.4 Å². The highest BCUT2D eigenvalue weighted by Gasteiger charge is 2.10. The Kier molecular flexibility index (Phi) is 5.71. The van der Waals surface area contributed by atoms with E-state index in [1.807, 2.05) is 6.20 Å². The van der Waals surface area contributed by atoms with Gasteiger partial charge in [0, 0.05) is 17.6 Å². The summed E-state index contributed by atoms with van der Waals surface area (Å²) in [5, 5.41) is 4.72. The van der Waals surface area contributed by atoms with Crippen LogP contribution in [0.3, 0.4) is 0 Å². The fraction of sp³-hybridized carbons (Fsp3) is 0.438. The molecule has 0 bridgehead atoms. The molecule has 0 aliphatic carbocycles. The molecule has 3 N–H and O–H groups in total. The van der Waals surface area contributed by atoms with Crippen molar-refractivity contribution in [1.82, 2.24) is 10.3 Å². The number of nitrogens with two attached hydrogens (primary N) is 1. The van der Waals surface area contributed by atoms with Crippen molar-refractivity contribution >= 4 is 11.3 Å². The zero-order valence-electron chi connectivity index (χ0n) is 12.2. The van der Waals surface area contributed by atoms with E-state index in [1.54, 1.807) is 11.3 Å². The minimum Gasteiger partial charge on any atom is -0.330 e. The van der Waals surface area contributed by atoms with E-state index in [2.05, 4.69) is 48.4 Å². The lowest BCUT2D eigenvalue weighted by atomic mass is 10.0. The summed E-state index contributed by atoms with van der Waals surface area (Å²) in [7, 11) is 0. The molecular weight excluding hydrogens is 266 g/mol. The van der Waals surface area contributed by atoms with Gasteiger partial charge in [0.1, 0.15) is 5.01 Å². The highest BCUT2D eigenvalue weighted by Crippen LogP contribution is 2.21. The molecule has 0 saturated carbocycles. The SMILES string of the molecule is CCc1cnc(C(C)NCc2ccccc2CCN)s1. The number of rotatable bonds is 7. The van der Waals surface area contributed by atoms with Gasteiger partial charge in [-0.3, -0.25) is 0 Å². The molecule has 3 nitrogen and oxygen atoms in total. The third kappa shape index (κ3) is 3.88. The molecule has 0 aliphatic heterocycles. The molecule has 0 amide bonds. The Balaban J connectivity index is 1.97. The Hall–Kier alpha value is -1.23. The van der Waals surface area contributed by atoms with E-state index >= 15 is 0 Å². The molecule has 0 radical (unpaired) electrons. The Morgan fingerprint density at radius 2 is 2.05 bits per heavy atom. The molecule has 1 aromatic heterocycles. The van der Waals surface area contributed by atoms with Crippen molar-refractivity contribution in [3.05, 3.63) is 51.5 Å². The molecular formula is C16H23N3S. The molecule has 2 aromatic rings. The smallest absolute Gasteiger partial charge is 0.109 e. The van der Waals surface area contributed by atoms with E-state index < -0.39 is 0 Å². The highest BCUT2D eigenvalue weighted by atomic mass is 32.1. The van der Waals surface area contributed by atoms with Crippen LogP contribution in [0, 0.1) is 0 Å². The van der Waals surface area contributed by atoms with Gasteiger partial charge in [-0.25, -0.2) is 4.98 Å². The zero-order valence-corrected chi connectivity index (χ0v) is 13.0. The van der Waals surface area contributed by atoms with Crippen molar-refractivity contribution in [2.45, 2.75) is 39.3 Å². The van der Waals surface area contributed by atoms with E-state index in [-0.39, 0.29) is 6.04 Å². The summed E-state index contributed by atoms with van der Waals surface area (Å²) >= 11 is 1.80. The first-order valence-corrected chi connectivity index (χ1v) is 8.01. The standard InChI is InChI=1S/C16H23N3S/c1-3-15-11-19-16(20-15)12(2)18-10-14-7-5-4-6-13(14)8-9-17/h4-7,11-12,18H,3,8-10,17H2,1-2H3. The third-order valence-corrected chi connectivity index (χ3v) is 4.75. The maximum Gasteiger partial charge on any atom is 0.109 e. The van der Waals surface area contributed by atoms with E-state index in [0.717, 1.165) is 24.4 Å². The van der Waals surface area contributed by atoms with Crippen LogP contribution in [0.25, 0.3) is 0 Å². The molecule has 20 heavy (non-hydrogen) atoms. The largest absolute Gasteiger partial charge is 0.330 e. The molecule has 108 valence electrons. The quantitative estimate of drug-likeness (QED) is 0.823. The summed E-state index contributed by atoms with van der Waals surface area (Å²) in [6, 6.07) is 8.77. The summed E-state index contributed by atoms with van der Waals surface area (Å²) in [6.07, 6.45) is 3.98. The normalized spacial score (nSPS) is 12.6. The molecule has 1 atom stereocenters. The van der Waals surface area contributed by atoms with Crippen molar-refractivity contribution in [3.8, 4) is 0 Å². The lowest BCUT2D eigenvalue weighted by Crippen LogP contribution is -2.19. The Labute approximate surface area is 125 Å². The van der Waals surface area contributed by atoms with Crippen LogP contribution in [0.1, 0.15) is 40.9 Å². The molecule has 0 saturated heterocycles. The Bertz CT molecular complexity index is 536. The van der Waals surface area contributed by atoms with Gasteiger partial charge in [0.25, 0.3) is 0 Å². The average Bonchev–Trinajstić information content (AvgIpc) is 2.95. The maximum atomic E-state index is 5.67. The summed E-state index contributed by atoms with van der Waals surface area (Å²) in [4.78, 5) is 5.84. The topological polar surface area (TPSA) is 50.9 Å². The number of hydrogen-bond donors (Lipinski definition) is 2. The van der Waals surface area contributed by atoms with Gasteiger partial charge in [-0.15, -0.1) is 11.3 Å². The lowest BCUT2D eigenvalue weighted by Gasteiger charge is -2.14. The highest BCUT2D eigenvalue weighted by molar-refractivity contribution is 7.11. The second kappa shape index (κ2) is 7.53. The summed E-state index contributed by atoms with van der Waals surface area (Å²) in [5.41, 5.74) is 8.33. The van der Waals surface area contributed by atoms with E-state index in [4.69, 9.17) is 5.73 Å². The van der Waals surface area contributed by atoms with Crippen LogP contribution in [-0.4, -0.2) is 11.5 Å². The number of thiazole rings is 1. The van der Waals surface area contributed by atoms with Crippen LogP contribution in [0.15, 0.2) is 30.5 Å². The second-order valence-corrected chi connectivity index (χ2v) is 6.08. The average molecular weight is 289 g/mol. The fourth-order valence-electron chi connectivity index (χ4n) is 2.17. The molecule has 1 aromatic carbocycles. The first-order chi connectivity index (χ1) is 9.74. The third-order valence-electron chi connectivity index (χ3n) is 3.42. The molecule has 0 aliphatic rings. The number of aromatic nitrogens is 1. The van der Waals surface area contributed by atoms with Crippen molar-refractivity contribution in [3.63, 3.8) is 0 Å². The number of nitrogens with one attached hydrogen (secondary N) is 1. The monoisotopic (exact) mass is 289 g/mol. The van der Waals surface area contributed by atoms with E-state index in [9.17, 15) is 0 Å². The molecule has 1 unspecified atom stereocenters. The van der Waals surface area contributed by atoms with Gasteiger partial charge in [0.05, 0.1) is 6.04 Å². The van der Waals surface area contributed by atoms with Crippen molar-refractivity contribution in [2.24, 2.45) is 5.73 Å². The minimum absolute atomic E-state index is 0.284. The van der Waals surface area contributed by atoms with Gasteiger partial charge in [-0.05, 0) is 37.4 Å². The molecule has 0 fully saturated rings. The van der Waals surface area contributed by atoms with Crippen LogP contribution < -0.4 is 11.1 Å². The van der Waals surface area contributed by atoms with Gasteiger partial charge in [-0.2, -0.15) is 0 Å². The zero-order chi connectivity index (χ0) is 14.4. The van der Waals surface area contributed by atoms with Gasteiger partial charge < -0.3 is 11.1 Å². The van der Waals surface area contributed by atoms with Crippen LogP contribution in [0.5, 0.6) is 0 Å². The van der Waals surface area contributed by atoms with Crippen molar-refractivity contribution in [1.29, 1.82) is 0 Å². The second-order valence-electron chi connectivity index (χ2n) is 4.93. The minimum atomic E-state index is 0.284. The van der Waals surface area contributed by atoms with Crippen molar-refractivity contribution in [2.75, 3.05) is 6.54 Å². The fourth-order valence-corrected chi connectivity index (χ4v) is 3.05. The predicted octanol–water partition coefficient (Wildman–Crippen LogP) is 3.06. The van der Waals surface area contributed by atoms with E-state index in [0.29, 0.717) is 6.54 Å². The van der Waals surface area contributed by atoms with Crippen LogP contribution in [0.4, 0.5) is 0 Å². The Morgan fingerprint density at radius 1 is 1.30 bits per heavy atom. The van der Waals surface area contributed by atoms with Gasteiger partial charge >= 0.3 is 0 Å². The van der Waals surface area contributed by atoms with Gasteiger partial charge in [-0.1, -0.05) is 31.2 Å². The molecule has 4 heteroatoms. The summed E-state index contributed by atoms with van der Waals surface area (Å²) in [5.74, 6) is 0. The lowest BCUT2D eigenvalue weighted by molar-refractivity contribution is 0.569. The summed E-state index contributed by atoms with van der Waals surface area (Å²) < 4.78 is 0. The predicted molar refractivity (Wildman–Crippen MR) is 85.9 cm³/mol. The van der Waals surface area contributed by atoms with Crippen LogP contribution >= 0.6 is 11.3 Å². The molecule has 1 heterocycles. The van der Waals surface area contributed by atoms with Crippen molar-refractivity contribution < 1.29 is 0 Å². The Morgan fingerprint density at radius 3 is 2.70 bits per heavy atom. The first kappa shape index (κ1) is 15.2. The first-order valence-electron chi connectivity index (χ1n) is 7.19. The molecule has 2 rings (SSSR count). The van der Waals surface area contributed by atoms with Gasteiger partial charge in [0.2, 0.25) is 0 Å². The number of hydrogen-bond acceptors (Lipinski definition) is 4. The van der Waals surface area contributed by atoms with Crippen LogP contribution in [0.2, 0.25) is 0 Å². The van der Waals surface area contributed by atoms with E-state index in [1.165, 1.54) is 16.0 Å². The number of nitrogens with zero attached hydrogens (tertiary/aromatic N) is 1. The van der Waals surface area contributed by atoms with Gasteiger partial charge in [0.15, 0.2) is 0 Å².